The van der Waals surface area contributed by atoms with Crippen molar-refractivity contribution in [2.75, 3.05) is 13.2 Å². The summed E-state index contributed by atoms with van der Waals surface area (Å²) in [7, 11) is 0. The van der Waals surface area contributed by atoms with Crippen molar-refractivity contribution in [1.29, 1.82) is 0 Å². The lowest BCUT2D eigenvalue weighted by molar-refractivity contribution is -0.142. The number of fused-ring (bicyclic) bond motifs is 3. The lowest BCUT2D eigenvalue weighted by Crippen LogP contribution is -2.40. The molecule has 0 aliphatic heterocycles. The van der Waals surface area contributed by atoms with E-state index in [4.69, 9.17) is 9.84 Å². The van der Waals surface area contributed by atoms with E-state index in [9.17, 15) is 14.4 Å². The lowest BCUT2D eigenvalue weighted by Gasteiger charge is -2.17. The Morgan fingerprint density at radius 3 is 2.16 bits per heavy atom. The first-order valence-electron chi connectivity index (χ1n) is 11.0. The van der Waals surface area contributed by atoms with E-state index in [0.29, 0.717) is 19.4 Å². The fourth-order valence-electron chi connectivity index (χ4n) is 3.92. The van der Waals surface area contributed by atoms with E-state index in [2.05, 4.69) is 34.9 Å². The molecule has 0 saturated heterocycles. The van der Waals surface area contributed by atoms with Crippen LogP contribution in [0.15, 0.2) is 48.5 Å². The number of nitrogens with one attached hydrogen (secondary N) is 2. The number of hydrogen-bond donors (Lipinski definition) is 3. The molecule has 1 aliphatic rings. The number of carbonyl (C=O) groups excluding carboxylic acids is 2. The van der Waals surface area contributed by atoms with Gasteiger partial charge < -0.3 is 20.5 Å². The molecule has 7 heteroatoms. The van der Waals surface area contributed by atoms with Crippen LogP contribution in [0.5, 0.6) is 0 Å². The Morgan fingerprint density at radius 2 is 1.56 bits per heavy atom. The van der Waals surface area contributed by atoms with Gasteiger partial charge in [-0.15, -0.1) is 0 Å². The molecule has 0 bridgehead atoms. The van der Waals surface area contributed by atoms with Gasteiger partial charge in [0.05, 0.1) is 5.92 Å². The van der Waals surface area contributed by atoms with Crippen molar-refractivity contribution < 1.29 is 24.2 Å². The number of rotatable bonds is 10. The van der Waals surface area contributed by atoms with Crippen LogP contribution in [0, 0.1) is 5.92 Å². The third-order valence-corrected chi connectivity index (χ3v) is 5.97. The van der Waals surface area contributed by atoms with Gasteiger partial charge in [-0.05, 0) is 48.9 Å². The van der Waals surface area contributed by atoms with Crippen LogP contribution >= 0.6 is 0 Å². The molecule has 2 atom stereocenters. The first kappa shape index (κ1) is 23.3. The average Bonchev–Trinajstić information content (AvgIpc) is 3.10. The van der Waals surface area contributed by atoms with Crippen molar-refractivity contribution in [3.63, 3.8) is 0 Å². The van der Waals surface area contributed by atoms with Gasteiger partial charge in [-0.3, -0.25) is 9.59 Å². The summed E-state index contributed by atoms with van der Waals surface area (Å²) in [4.78, 5) is 35.0. The summed E-state index contributed by atoms with van der Waals surface area (Å²) in [5.74, 6) is -1.75. The molecule has 2 unspecified atom stereocenters. The number of carbonyl (C=O) groups is 3. The zero-order valence-corrected chi connectivity index (χ0v) is 18.5. The zero-order chi connectivity index (χ0) is 23.1. The normalized spacial score (nSPS) is 14.1. The summed E-state index contributed by atoms with van der Waals surface area (Å²) in [6.45, 7) is 3.91. The fourth-order valence-corrected chi connectivity index (χ4v) is 3.92. The van der Waals surface area contributed by atoms with E-state index < -0.39 is 24.0 Å². The Kier molecular flexibility index (Phi) is 7.87. The second kappa shape index (κ2) is 10.8. The first-order chi connectivity index (χ1) is 15.4. The van der Waals surface area contributed by atoms with Gasteiger partial charge >= 0.3 is 12.1 Å². The molecule has 32 heavy (non-hydrogen) atoms. The second-order valence-electron chi connectivity index (χ2n) is 8.19. The highest BCUT2D eigenvalue weighted by atomic mass is 16.5. The Labute approximate surface area is 188 Å². The minimum atomic E-state index is -0.940. The van der Waals surface area contributed by atoms with E-state index in [1.165, 1.54) is 22.3 Å². The molecule has 1 aliphatic carbocycles. The van der Waals surface area contributed by atoms with Crippen molar-refractivity contribution in [2.24, 2.45) is 5.92 Å². The molecule has 3 rings (SSSR count). The molecule has 2 aromatic carbocycles. The highest BCUT2D eigenvalue weighted by Crippen LogP contribution is 2.44. The third kappa shape index (κ3) is 5.66. The van der Waals surface area contributed by atoms with E-state index >= 15 is 0 Å². The summed E-state index contributed by atoms with van der Waals surface area (Å²) >= 11 is 0. The predicted molar refractivity (Wildman–Crippen MR) is 121 cm³/mol. The Bertz CT molecular complexity index is 929. The van der Waals surface area contributed by atoms with Gasteiger partial charge in [-0.1, -0.05) is 48.5 Å². The van der Waals surface area contributed by atoms with Crippen molar-refractivity contribution >= 4 is 18.0 Å². The van der Waals surface area contributed by atoms with Crippen molar-refractivity contribution in [3.8, 4) is 11.1 Å². The number of aliphatic carboxylic acids is 1. The highest BCUT2D eigenvalue weighted by Gasteiger charge is 2.29. The smallest absolute Gasteiger partial charge is 0.407 e. The van der Waals surface area contributed by atoms with Gasteiger partial charge in [0.1, 0.15) is 6.61 Å². The van der Waals surface area contributed by atoms with Gasteiger partial charge in [-0.2, -0.15) is 0 Å². The van der Waals surface area contributed by atoms with E-state index in [1.807, 2.05) is 24.3 Å². The molecule has 0 aromatic heterocycles. The van der Waals surface area contributed by atoms with Crippen LogP contribution in [0.25, 0.3) is 11.1 Å². The number of carboxylic acids is 1. The maximum atomic E-state index is 12.1. The van der Waals surface area contributed by atoms with Crippen LogP contribution in [-0.2, 0) is 14.3 Å². The van der Waals surface area contributed by atoms with Gasteiger partial charge in [0.2, 0.25) is 5.91 Å². The number of benzene rings is 2. The van der Waals surface area contributed by atoms with Crippen molar-refractivity contribution in [3.05, 3.63) is 59.7 Å². The first-order valence-corrected chi connectivity index (χ1v) is 11.0. The zero-order valence-electron chi connectivity index (χ0n) is 18.5. The molecule has 170 valence electrons. The average molecular weight is 439 g/mol. The molecule has 7 nitrogen and oxygen atoms in total. The molecule has 0 heterocycles. The van der Waals surface area contributed by atoms with Crippen LogP contribution in [0.3, 0.4) is 0 Å². The lowest BCUT2D eigenvalue weighted by atomic mass is 9.98. The van der Waals surface area contributed by atoms with Crippen LogP contribution in [0.4, 0.5) is 4.79 Å². The third-order valence-electron chi connectivity index (χ3n) is 5.97. The molecule has 2 aromatic rings. The topological polar surface area (TPSA) is 105 Å². The van der Waals surface area contributed by atoms with Crippen LogP contribution in [0.2, 0.25) is 0 Å². The molecule has 0 spiro atoms. The minimum Gasteiger partial charge on any atom is -0.481 e. The number of ether oxygens (including phenoxy) is 1. The molecule has 0 saturated carbocycles. The van der Waals surface area contributed by atoms with Crippen LogP contribution < -0.4 is 10.6 Å². The standard InChI is InChI=1S/C25H30N2O5/c1-16(24(29)30)17(2)27-23(28)13-7-8-14-26-25(31)32-15-22-20-11-5-3-9-18(20)19-10-4-6-12-21(19)22/h3-6,9-12,16-17,22H,7-8,13-15H2,1-2H3,(H,26,31)(H,27,28)(H,29,30). The van der Waals surface area contributed by atoms with Crippen LogP contribution in [-0.4, -0.2) is 42.3 Å². The van der Waals surface area contributed by atoms with E-state index in [1.54, 1.807) is 13.8 Å². The molecule has 2 amide bonds. The minimum absolute atomic E-state index is 0.0204. The maximum absolute atomic E-state index is 12.1. The predicted octanol–water partition coefficient (Wildman–Crippen LogP) is 3.92. The summed E-state index contributed by atoms with van der Waals surface area (Å²) in [5.41, 5.74) is 4.70. The molecule has 0 fully saturated rings. The highest BCUT2D eigenvalue weighted by molar-refractivity contribution is 5.79. The van der Waals surface area contributed by atoms with Crippen molar-refractivity contribution in [2.45, 2.75) is 45.1 Å². The Hall–Kier alpha value is -3.35. The number of amides is 2. The van der Waals surface area contributed by atoms with E-state index in [-0.39, 0.29) is 24.9 Å². The second-order valence-corrected chi connectivity index (χ2v) is 8.19. The SMILES string of the molecule is CC(NC(=O)CCCCNC(=O)OCC1c2ccccc2-c2ccccc21)C(C)C(=O)O. The maximum Gasteiger partial charge on any atom is 0.407 e. The van der Waals surface area contributed by atoms with Gasteiger partial charge in [-0.25, -0.2) is 4.79 Å². The van der Waals surface area contributed by atoms with Crippen molar-refractivity contribution in [1.82, 2.24) is 10.6 Å². The van der Waals surface area contributed by atoms with Crippen LogP contribution in [0.1, 0.15) is 50.2 Å². The molecule has 0 radical (unpaired) electrons. The van der Waals surface area contributed by atoms with Gasteiger partial charge in [0.15, 0.2) is 0 Å². The summed E-state index contributed by atoms with van der Waals surface area (Å²) in [5, 5.41) is 14.4. The summed E-state index contributed by atoms with van der Waals surface area (Å²) < 4.78 is 5.48. The molecular weight excluding hydrogens is 408 g/mol. The number of alkyl carbamates (subject to hydrolysis) is 1. The molecular formula is C25H30N2O5. The van der Waals surface area contributed by atoms with E-state index in [0.717, 1.165) is 0 Å². The summed E-state index contributed by atoms with van der Waals surface area (Å²) in [6, 6.07) is 15.9. The fraction of sp³-hybridized carbons (Fsp3) is 0.400. The number of hydrogen-bond acceptors (Lipinski definition) is 4. The Morgan fingerprint density at radius 1 is 0.969 bits per heavy atom. The van der Waals surface area contributed by atoms with Gasteiger partial charge in [0.25, 0.3) is 0 Å². The number of unbranched alkanes of at least 4 members (excludes halogenated alkanes) is 1. The number of carboxylic acid groups (broad SMARTS) is 1. The largest absolute Gasteiger partial charge is 0.481 e. The quantitative estimate of drug-likeness (QED) is 0.488. The molecule has 3 N–H and O–H groups in total. The Balaban J connectivity index is 1.37. The monoisotopic (exact) mass is 438 g/mol. The van der Waals surface area contributed by atoms with Gasteiger partial charge in [0, 0.05) is 24.9 Å². The summed E-state index contributed by atoms with van der Waals surface area (Å²) in [6.07, 6.45) is 1.02.